The van der Waals surface area contributed by atoms with Crippen molar-refractivity contribution in [1.82, 2.24) is 9.78 Å². The third-order valence-corrected chi connectivity index (χ3v) is 2.61. The molecule has 16 heavy (non-hydrogen) atoms. The van der Waals surface area contributed by atoms with E-state index >= 15 is 0 Å². The molecule has 2 rings (SSSR count). The van der Waals surface area contributed by atoms with Crippen LogP contribution >= 0.6 is 11.6 Å². The molecule has 3 nitrogen and oxygen atoms in total. The van der Waals surface area contributed by atoms with Crippen LogP contribution in [0.2, 0.25) is 5.02 Å². The minimum absolute atomic E-state index is 0.000408. The van der Waals surface area contributed by atoms with Crippen LogP contribution in [0.3, 0.4) is 0 Å². The molecule has 0 aliphatic carbocycles. The molecule has 0 saturated carbocycles. The maximum Gasteiger partial charge on any atom is 0.147 e. The second-order valence-electron chi connectivity index (χ2n) is 3.49. The smallest absolute Gasteiger partial charge is 0.147 e. The molecule has 0 aliphatic heterocycles. The first-order chi connectivity index (χ1) is 7.59. The van der Waals surface area contributed by atoms with Crippen molar-refractivity contribution in [2.75, 3.05) is 0 Å². The highest BCUT2D eigenvalue weighted by Crippen LogP contribution is 2.27. The predicted octanol–water partition coefficient (Wildman–Crippen LogP) is 2.29. The van der Waals surface area contributed by atoms with Gasteiger partial charge in [0.25, 0.3) is 0 Å². The van der Waals surface area contributed by atoms with E-state index in [0.29, 0.717) is 5.56 Å². The molecule has 0 saturated heterocycles. The Morgan fingerprint density at radius 1 is 1.50 bits per heavy atom. The number of aliphatic hydroxyl groups excluding tert-OH is 1. The highest BCUT2D eigenvalue weighted by Gasteiger charge is 2.17. The van der Waals surface area contributed by atoms with Crippen LogP contribution in [-0.4, -0.2) is 14.9 Å². The molecule has 1 aromatic heterocycles. The van der Waals surface area contributed by atoms with Gasteiger partial charge < -0.3 is 5.11 Å². The zero-order chi connectivity index (χ0) is 11.7. The van der Waals surface area contributed by atoms with E-state index in [4.69, 9.17) is 11.6 Å². The lowest BCUT2D eigenvalue weighted by atomic mass is 10.0. The first kappa shape index (κ1) is 11.1. The average Bonchev–Trinajstić information content (AvgIpc) is 2.68. The summed E-state index contributed by atoms with van der Waals surface area (Å²) in [5.41, 5.74) is 0.684. The summed E-state index contributed by atoms with van der Waals surface area (Å²) in [6.45, 7) is 0. The molecular formula is C11H10ClFN2O. The normalized spacial score (nSPS) is 12.8. The molecule has 84 valence electrons. The number of rotatable bonds is 2. The quantitative estimate of drug-likeness (QED) is 0.875. The van der Waals surface area contributed by atoms with Crippen molar-refractivity contribution in [3.63, 3.8) is 0 Å². The predicted molar refractivity (Wildman–Crippen MR) is 58.7 cm³/mol. The van der Waals surface area contributed by atoms with Gasteiger partial charge in [0.2, 0.25) is 0 Å². The lowest BCUT2D eigenvalue weighted by Gasteiger charge is -2.10. The molecule has 1 unspecified atom stereocenters. The monoisotopic (exact) mass is 240 g/mol. The molecule has 1 heterocycles. The van der Waals surface area contributed by atoms with Gasteiger partial charge in [-0.3, -0.25) is 4.68 Å². The van der Waals surface area contributed by atoms with Crippen LogP contribution in [0.4, 0.5) is 4.39 Å². The Bertz CT molecular complexity index is 512. The van der Waals surface area contributed by atoms with Crippen LogP contribution in [0, 0.1) is 5.82 Å². The minimum Gasteiger partial charge on any atom is -0.383 e. The molecule has 5 heteroatoms. The highest BCUT2D eigenvalue weighted by molar-refractivity contribution is 6.30. The first-order valence-electron chi connectivity index (χ1n) is 4.70. The molecule has 1 aromatic carbocycles. The number of nitrogens with zero attached hydrogens (tertiary/aromatic N) is 2. The summed E-state index contributed by atoms with van der Waals surface area (Å²) in [4.78, 5) is 0. The van der Waals surface area contributed by atoms with Gasteiger partial charge >= 0.3 is 0 Å². The molecule has 0 amide bonds. The lowest BCUT2D eigenvalue weighted by Crippen LogP contribution is -2.02. The van der Waals surface area contributed by atoms with Crippen LogP contribution in [0.5, 0.6) is 0 Å². The SMILES string of the molecule is Cn1cc(C(O)c2cccc(Cl)c2F)cn1. The maximum absolute atomic E-state index is 13.6. The molecule has 2 aromatic rings. The van der Waals surface area contributed by atoms with Crippen molar-refractivity contribution in [2.45, 2.75) is 6.10 Å². The van der Waals surface area contributed by atoms with Gasteiger partial charge in [0.1, 0.15) is 11.9 Å². The van der Waals surface area contributed by atoms with Crippen LogP contribution < -0.4 is 0 Å². The summed E-state index contributed by atoms with van der Waals surface area (Å²) in [5.74, 6) is -0.597. The van der Waals surface area contributed by atoms with E-state index in [1.165, 1.54) is 18.3 Å². The standard InChI is InChI=1S/C11H10ClFN2O/c1-15-6-7(5-14-15)11(16)8-3-2-4-9(12)10(8)13/h2-6,11,16H,1H3. The second-order valence-corrected chi connectivity index (χ2v) is 3.90. The molecule has 0 spiro atoms. The largest absolute Gasteiger partial charge is 0.383 e. The van der Waals surface area contributed by atoms with Gasteiger partial charge in [-0.15, -0.1) is 0 Å². The maximum atomic E-state index is 13.6. The summed E-state index contributed by atoms with van der Waals surface area (Å²) >= 11 is 5.64. The fraction of sp³-hybridized carbons (Fsp3) is 0.182. The molecule has 0 aliphatic rings. The van der Waals surface area contributed by atoms with Gasteiger partial charge in [0.05, 0.1) is 11.2 Å². The van der Waals surface area contributed by atoms with E-state index in [0.717, 1.165) is 0 Å². The lowest BCUT2D eigenvalue weighted by molar-refractivity contribution is 0.215. The van der Waals surface area contributed by atoms with E-state index < -0.39 is 11.9 Å². The Balaban J connectivity index is 2.41. The van der Waals surface area contributed by atoms with E-state index in [1.807, 2.05) is 0 Å². The Morgan fingerprint density at radius 2 is 2.25 bits per heavy atom. The van der Waals surface area contributed by atoms with Gasteiger partial charge in [-0.2, -0.15) is 5.10 Å². The van der Waals surface area contributed by atoms with E-state index in [-0.39, 0.29) is 10.6 Å². The molecule has 1 atom stereocenters. The number of aliphatic hydroxyl groups is 1. The van der Waals surface area contributed by atoms with E-state index in [1.54, 1.807) is 24.0 Å². The van der Waals surface area contributed by atoms with Gasteiger partial charge in [-0.1, -0.05) is 23.7 Å². The number of hydrogen-bond acceptors (Lipinski definition) is 2. The van der Waals surface area contributed by atoms with Gasteiger partial charge in [-0.25, -0.2) is 4.39 Å². The number of hydrogen-bond donors (Lipinski definition) is 1. The second kappa shape index (κ2) is 4.23. The number of aryl methyl sites for hydroxylation is 1. The Kier molecular flexibility index (Phi) is 2.94. The van der Waals surface area contributed by atoms with Crippen molar-refractivity contribution in [2.24, 2.45) is 7.05 Å². The minimum atomic E-state index is -1.05. The van der Waals surface area contributed by atoms with Crippen molar-refractivity contribution >= 4 is 11.6 Å². The van der Waals surface area contributed by atoms with Gasteiger partial charge in [0.15, 0.2) is 0 Å². The number of aromatic nitrogens is 2. The highest BCUT2D eigenvalue weighted by atomic mass is 35.5. The summed E-state index contributed by atoms with van der Waals surface area (Å²) in [6.07, 6.45) is 2.07. The zero-order valence-corrected chi connectivity index (χ0v) is 9.32. The summed E-state index contributed by atoms with van der Waals surface area (Å²) < 4.78 is 15.2. The first-order valence-corrected chi connectivity index (χ1v) is 5.08. The fourth-order valence-corrected chi connectivity index (χ4v) is 1.67. The van der Waals surface area contributed by atoms with E-state index in [2.05, 4.69) is 5.10 Å². The Morgan fingerprint density at radius 3 is 2.88 bits per heavy atom. The van der Waals surface area contributed by atoms with Crippen LogP contribution in [0.1, 0.15) is 17.2 Å². The van der Waals surface area contributed by atoms with Crippen molar-refractivity contribution in [3.05, 3.63) is 52.6 Å². The number of halogens is 2. The van der Waals surface area contributed by atoms with E-state index in [9.17, 15) is 9.50 Å². The third-order valence-electron chi connectivity index (χ3n) is 2.32. The Hall–Kier alpha value is -1.39. The molecule has 1 N–H and O–H groups in total. The molecule has 0 fully saturated rings. The van der Waals surface area contributed by atoms with Gasteiger partial charge in [-0.05, 0) is 6.07 Å². The summed E-state index contributed by atoms with van der Waals surface area (Å²) in [7, 11) is 1.73. The number of benzene rings is 1. The Labute approximate surface area is 97.1 Å². The van der Waals surface area contributed by atoms with Crippen molar-refractivity contribution in [1.29, 1.82) is 0 Å². The van der Waals surface area contributed by atoms with Crippen LogP contribution in [-0.2, 0) is 7.05 Å². The van der Waals surface area contributed by atoms with Crippen LogP contribution in [0.15, 0.2) is 30.6 Å². The third kappa shape index (κ3) is 1.94. The topological polar surface area (TPSA) is 38.0 Å². The molecular weight excluding hydrogens is 231 g/mol. The van der Waals surface area contributed by atoms with Crippen molar-refractivity contribution < 1.29 is 9.50 Å². The van der Waals surface area contributed by atoms with Crippen molar-refractivity contribution in [3.8, 4) is 0 Å². The van der Waals surface area contributed by atoms with Gasteiger partial charge in [0, 0.05) is 24.4 Å². The van der Waals surface area contributed by atoms with Crippen LogP contribution in [0.25, 0.3) is 0 Å². The fourth-order valence-electron chi connectivity index (χ4n) is 1.49. The molecule has 0 bridgehead atoms. The summed E-state index contributed by atoms with van der Waals surface area (Å²) in [5, 5.41) is 13.9. The average molecular weight is 241 g/mol. The zero-order valence-electron chi connectivity index (χ0n) is 8.56. The summed E-state index contributed by atoms with van der Waals surface area (Å²) in [6, 6.07) is 4.54. The molecule has 0 radical (unpaired) electrons.